The second-order valence-corrected chi connectivity index (χ2v) is 8.93. The number of β-amino-alcohol motifs (C(OH)–C–C–N with tert-alkyl or cyclic N) is 1. The van der Waals surface area contributed by atoms with Crippen LogP contribution in [-0.4, -0.2) is 56.5 Å². The van der Waals surface area contributed by atoms with Gasteiger partial charge in [-0.05, 0) is 26.9 Å². The smallest absolute Gasteiger partial charge is 0.324 e. The number of aliphatic hydroxyl groups excluding tert-OH is 2. The van der Waals surface area contributed by atoms with Crippen LogP contribution in [0, 0.1) is 17.0 Å². The number of nitro groups is 1. The van der Waals surface area contributed by atoms with Crippen molar-refractivity contribution >= 4 is 27.3 Å². The summed E-state index contributed by atoms with van der Waals surface area (Å²) < 4.78 is 5.86. The molecule has 3 atom stereocenters. The molecule has 0 bridgehead atoms. The van der Waals surface area contributed by atoms with Gasteiger partial charge in [0.05, 0.1) is 16.6 Å². The molecule has 0 amide bonds. The number of aromatic hydroxyl groups is 2. The minimum absolute atomic E-state index is 0.0394. The summed E-state index contributed by atoms with van der Waals surface area (Å²) in [7, 11) is 1.86. The van der Waals surface area contributed by atoms with Gasteiger partial charge < -0.3 is 29.7 Å². The molecule has 1 aliphatic heterocycles. The third kappa shape index (κ3) is 3.62. The number of nitrogens with zero attached hydrogens (tertiary/aromatic N) is 2. The number of hydrogen-bond donors (Lipinski definition) is 4. The number of rotatable bonds is 4. The molecule has 0 spiro atoms. The second-order valence-electron chi connectivity index (χ2n) is 8.04. The second kappa shape index (κ2) is 8.17. The highest BCUT2D eigenvalue weighted by Crippen LogP contribution is 2.43. The van der Waals surface area contributed by atoms with Crippen LogP contribution in [0.2, 0.25) is 0 Å². The molecule has 1 aliphatic rings. The zero-order chi connectivity index (χ0) is 23.3. The minimum Gasteiger partial charge on any atom is -0.507 e. The van der Waals surface area contributed by atoms with Gasteiger partial charge in [-0.2, -0.15) is 0 Å². The largest absolute Gasteiger partial charge is 0.507 e. The highest BCUT2D eigenvalue weighted by molar-refractivity contribution is 7.13. The van der Waals surface area contributed by atoms with E-state index in [1.54, 1.807) is 0 Å². The zero-order valence-electron chi connectivity index (χ0n) is 17.3. The maximum Gasteiger partial charge on any atom is 0.324 e. The van der Waals surface area contributed by atoms with Gasteiger partial charge in [0, 0.05) is 41.1 Å². The Hall–Kier alpha value is -2.99. The molecule has 170 valence electrons. The van der Waals surface area contributed by atoms with Crippen molar-refractivity contribution in [1.29, 1.82) is 0 Å². The van der Waals surface area contributed by atoms with Crippen molar-refractivity contribution < 1.29 is 29.8 Å². The van der Waals surface area contributed by atoms with Crippen LogP contribution >= 0.6 is 11.3 Å². The van der Waals surface area contributed by atoms with Crippen molar-refractivity contribution in [3.8, 4) is 11.5 Å². The third-order valence-electron chi connectivity index (χ3n) is 5.91. The van der Waals surface area contributed by atoms with Gasteiger partial charge in [-0.15, -0.1) is 0 Å². The van der Waals surface area contributed by atoms with E-state index in [1.165, 1.54) is 18.4 Å². The molecule has 1 aromatic carbocycles. The maximum absolute atomic E-state index is 13.3. The summed E-state index contributed by atoms with van der Waals surface area (Å²) in [6.07, 6.45) is -1.84. The van der Waals surface area contributed by atoms with Crippen LogP contribution in [0.15, 0.2) is 26.7 Å². The topological polar surface area (TPSA) is 158 Å². The van der Waals surface area contributed by atoms with Gasteiger partial charge >= 0.3 is 5.00 Å². The Bertz CT molecular complexity index is 1270. The van der Waals surface area contributed by atoms with Gasteiger partial charge in [-0.1, -0.05) is 11.3 Å². The highest BCUT2D eigenvalue weighted by Gasteiger charge is 2.34. The van der Waals surface area contributed by atoms with Crippen LogP contribution in [0.1, 0.15) is 40.9 Å². The molecule has 1 saturated heterocycles. The van der Waals surface area contributed by atoms with E-state index in [4.69, 9.17) is 4.42 Å². The molecule has 3 heterocycles. The summed E-state index contributed by atoms with van der Waals surface area (Å²) in [5.41, 5.74) is -0.551. The summed E-state index contributed by atoms with van der Waals surface area (Å²) in [6, 6.07) is 2.20. The van der Waals surface area contributed by atoms with Gasteiger partial charge in [0.25, 0.3) is 0 Å². The molecular weight excluding hydrogens is 440 g/mol. The fourth-order valence-electron chi connectivity index (χ4n) is 4.32. The van der Waals surface area contributed by atoms with E-state index in [9.17, 15) is 35.3 Å². The van der Waals surface area contributed by atoms with Crippen molar-refractivity contribution in [3.05, 3.63) is 60.3 Å². The average molecular weight is 462 g/mol. The first-order valence-corrected chi connectivity index (χ1v) is 10.8. The molecule has 3 unspecified atom stereocenters. The van der Waals surface area contributed by atoms with Crippen LogP contribution in [0.4, 0.5) is 5.00 Å². The van der Waals surface area contributed by atoms with Crippen molar-refractivity contribution in [3.63, 3.8) is 0 Å². The van der Waals surface area contributed by atoms with Crippen molar-refractivity contribution in [1.82, 2.24) is 4.90 Å². The number of phenolic OH excluding ortho intramolecular Hbond substituents is 2. The quantitative estimate of drug-likeness (QED) is 0.337. The van der Waals surface area contributed by atoms with Crippen molar-refractivity contribution in [2.75, 3.05) is 20.1 Å². The number of hydrogen-bond acceptors (Lipinski definition) is 10. The van der Waals surface area contributed by atoms with E-state index in [2.05, 4.69) is 0 Å². The number of benzene rings is 1. The molecule has 1 fully saturated rings. The molecule has 10 nitrogen and oxygen atoms in total. The molecule has 0 radical (unpaired) electrons. The lowest BCUT2D eigenvalue weighted by molar-refractivity contribution is -0.380. The number of likely N-dealkylation sites (N-methyl/N-ethyl adjacent to an activating group) is 1. The summed E-state index contributed by atoms with van der Waals surface area (Å²) >= 11 is 0.817. The first kappa shape index (κ1) is 22.2. The van der Waals surface area contributed by atoms with Gasteiger partial charge in [-0.25, -0.2) is 0 Å². The summed E-state index contributed by atoms with van der Waals surface area (Å²) in [5.74, 6) is -1.31. The zero-order valence-corrected chi connectivity index (χ0v) is 18.1. The molecule has 4 rings (SSSR count). The molecule has 3 aromatic rings. The molecular formula is C21H22N2O8S. The predicted octanol–water partition coefficient (Wildman–Crippen LogP) is 2.34. The Balaban J connectivity index is 1.90. The summed E-state index contributed by atoms with van der Waals surface area (Å²) in [4.78, 5) is 25.7. The maximum atomic E-state index is 13.3. The lowest BCUT2D eigenvalue weighted by Gasteiger charge is -2.34. The Morgan fingerprint density at radius 1 is 1.31 bits per heavy atom. The molecule has 0 saturated carbocycles. The van der Waals surface area contributed by atoms with Crippen molar-refractivity contribution in [2.45, 2.75) is 31.5 Å². The highest BCUT2D eigenvalue weighted by atomic mass is 32.1. The van der Waals surface area contributed by atoms with Crippen LogP contribution in [0.25, 0.3) is 11.0 Å². The van der Waals surface area contributed by atoms with Crippen LogP contribution in [-0.2, 0) is 0 Å². The fourth-order valence-corrected chi connectivity index (χ4v) is 5.07. The fraction of sp³-hybridized carbons (Fsp3) is 0.381. The predicted molar refractivity (Wildman–Crippen MR) is 116 cm³/mol. The Kier molecular flexibility index (Phi) is 5.67. The molecule has 11 heteroatoms. The lowest BCUT2D eigenvalue weighted by atomic mass is 9.85. The Morgan fingerprint density at radius 2 is 2.03 bits per heavy atom. The van der Waals surface area contributed by atoms with Crippen molar-refractivity contribution in [2.24, 2.45) is 0 Å². The van der Waals surface area contributed by atoms with E-state index in [0.717, 1.165) is 17.4 Å². The number of piperidine rings is 1. The standard InChI is InChI=1S/C21H22N2O8S/c1-9-16(19(27)10-5-15(23(29)30)32-8-10)20(28)18-13(25)6-12(24)17(21(18)31-9)11-3-4-22(2)7-14(11)26/h5-6,8,11,14,19,24-27H,3-4,7H2,1-2H3. The average Bonchev–Trinajstić information content (AvgIpc) is 3.19. The van der Waals surface area contributed by atoms with E-state index >= 15 is 0 Å². The van der Waals surface area contributed by atoms with Crippen LogP contribution < -0.4 is 5.43 Å². The minimum atomic E-state index is -1.51. The Morgan fingerprint density at radius 3 is 2.66 bits per heavy atom. The Labute approximate surface area is 185 Å². The van der Waals surface area contributed by atoms with E-state index in [1.807, 2.05) is 11.9 Å². The number of phenols is 2. The molecule has 2 aromatic heterocycles. The first-order chi connectivity index (χ1) is 15.1. The molecule has 4 N–H and O–H groups in total. The molecule has 0 aliphatic carbocycles. The number of aliphatic hydroxyl groups is 2. The van der Waals surface area contributed by atoms with Gasteiger partial charge in [0.15, 0.2) is 0 Å². The third-order valence-corrected chi connectivity index (χ3v) is 6.81. The van der Waals surface area contributed by atoms with Crippen LogP contribution in [0.5, 0.6) is 11.5 Å². The van der Waals surface area contributed by atoms with E-state index in [-0.39, 0.29) is 44.2 Å². The summed E-state index contributed by atoms with van der Waals surface area (Å²) in [6.45, 7) is 2.47. The lowest BCUT2D eigenvalue weighted by Crippen LogP contribution is -2.40. The summed E-state index contributed by atoms with van der Waals surface area (Å²) in [5, 5.41) is 54.3. The number of aryl methyl sites for hydroxylation is 1. The van der Waals surface area contributed by atoms with E-state index < -0.39 is 34.2 Å². The van der Waals surface area contributed by atoms with Gasteiger partial charge in [0.1, 0.15) is 34.3 Å². The van der Waals surface area contributed by atoms with Crippen LogP contribution in [0.3, 0.4) is 0 Å². The normalized spacial score (nSPS) is 20.5. The van der Waals surface area contributed by atoms with Gasteiger partial charge in [0.2, 0.25) is 5.43 Å². The van der Waals surface area contributed by atoms with Gasteiger partial charge in [-0.3, -0.25) is 14.9 Å². The number of likely N-dealkylation sites (tertiary alicyclic amines) is 1. The monoisotopic (exact) mass is 462 g/mol. The number of fused-ring (bicyclic) bond motifs is 1. The number of thiophene rings is 1. The first-order valence-electron chi connectivity index (χ1n) is 9.89. The molecule has 32 heavy (non-hydrogen) atoms. The SMILES string of the molecule is Cc1oc2c(C3CCN(C)CC3O)c(O)cc(O)c2c(=O)c1C(O)c1csc([N+](=O)[O-])c1. The van der Waals surface area contributed by atoms with E-state index in [0.29, 0.717) is 19.5 Å².